The van der Waals surface area contributed by atoms with Crippen LogP contribution in [-0.2, 0) is 6.54 Å². The Morgan fingerprint density at radius 1 is 1.41 bits per heavy atom. The maximum Gasteiger partial charge on any atom is 0.0912 e. The highest BCUT2D eigenvalue weighted by molar-refractivity contribution is 6.31. The molecule has 2 heterocycles. The lowest BCUT2D eigenvalue weighted by molar-refractivity contribution is 0.557. The summed E-state index contributed by atoms with van der Waals surface area (Å²) in [6.07, 6.45) is 4.46. The molecule has 1 atom stereocenters. The van der Waals surface area contributed by atoms with Gasteiger partial charge in [-0.25, -0.2) is 0 Å². The molecule has 2 aromatic heterocycles. The topological polar surface area (TPSA) is 56.7 Å². The molecule has 0 fully saturated rings. The minimum Gasteiger partial charge on any atom is -0.318 e. The minimum absolute atomic E-state index is 0.335. The highest BCUT2D eigenvalue weighted by Crippen LogP contribution is 2.23. The van der Waals surface area contributed by atoms with Crippen LogP contribution >= 0.6 is 11.6 Å². The number of hydrogen-bond acceptors (Lipinski definition) is 3. The largest absolute Gasteiger partial charge is 0.318 e. The zero-order valence-corrected chi connectivity index (χ0v) is 10.4. The molecule has 0 saturated carbocycles. The number of aryl methyl sites for hydroxylation is 1. The van der Waals surface area contributed by atoms with E-state index < -0.39 is 0 Å². The Morgan fingerprint density at radius 3 is 2.94 bits per heavy atom. The summed E-state index contributed by atoms with van der Waals surface area (Å²) in [6, 6.07) is 5.16. The number of pyridine rings is 1. The van der Waals surface area contributed by atoms with Gasteiger partial charge in [-0.05, 0) is 24.6 Å². The average Bonchev–Trinajstić information content (AvgIpc) is 2.78. The van der Waals surface area contributed by atoms with Crippen LogP contribution in [0.15, 0.2) is 30.6 Å². The van der Waals surface area contributed by atoms with Crippen molar-refractivity contribution in [1.82, 2.24) is 14.8 Å². The van der Waals surface area contributed by atoms with Gasteiger partial charge >= 0.3 is 0 Å². The van der Waals surface area contributed by atoms with Crippen LogP contribution in [-0.4, -0.2) is 14.8 Å². The second kappa shape index (κ2) is 5.29. The van der Waals surface area contributed by atoms with Gasteiger partial charge in [-0.3, -0.25) is 9.67 Å². The van der Waals surface area contributed by atoms with Crippen LogP contribution in [0.5, 0.6) is 0 Å². The van der Waals surface area contributed by atoms with Gasteiger partial charge in [0.05, 0.1) is 22.5 Å². The molecule has 0 saturated heterocycles. The Kier molecular flexibility index (Phi) is 3.76. The Morgan fingerprint density at radius 2 is 2.24 bits per heavy atom. The number of rotatable bonds is 4. The van der Waals surface area contributed by atoms with E-state index in [0.717, 1.165) is 18.7 Å². The van der Waals surface area contributed by atoms with Crippen molar-refractivity contribution in [1.29, 1.82) is 0 Å². The van der Waals surface area contributed by atoms with Crippen molar-refractivity contribution in [2.24, 2.45) is 5.73 Å². The van der Waals surface area contributed by atoms with Gasteiger partial charge in [0.25, 0.3) is 0 Å². The lowest BCUT2D eigenvalue weighted by Crippen LogP contribution is -2.19. The normalized spacial score (nSPS) is 12.6. The van der Waals surface area contributed by atoms with Crippen LogP contribution in [0.3, 0.4) is 0 Å². The molecule has 2 aromatic rings. The summed E-state index contributed by atoms with van der Waals surface area (Å²) in [5, 5.41) is 4.84. The predicted molar refractivity (Wildman–Crippen MR) is 67.8 cm³/mol. The van der Waals surface area contributed by atoms with E-state index >= 15 is 0 Å². The van der Waals surface area contributed by atoms with Crippen molar-refractivity contribution in [3.63, 3.8) is 0 Å². The number of aromatic nitrogens is 3. The van der Waals surface area contributed by atoms with E-state index in [1.807, 2.05) is 10.7 Å². The zero-order chi connectivity index (χ0) is 12.3. The molecular formula is C12H15ClN4. The fourth-order valence-corrected chi connectivity index (χ4v) is 2.01. The number of nitrogens with zero attached hydrogens (tertiary/aromatic N) is 3. The Hall–Kier alpha value is -1.39. The van der Waals surface area contributed by atoms with Crippen molar-refractivity contribution >= 4 is 11.6 Å². The van der Waals surface area contributed by atoms with Crippen molar-refractivity contribution in [2.45, 2.75) is 25.9 Å². The van der Waals surface area contributed by atoms with Gasteiger partial charge in [0.15, 0.2) is 0 Å². The lowest BCUT2D eigenvalue weighted by atomic mass is 10.1. The molecule has 5 heteroatoms. The van der Waals surface area contributed by atoms with Gasteiger partial charge in [-0.1, -0.05) is 18.5 Å². The van der Waals surface area contributed by atoms with Crippen molar-refractivity contribution < 1.29 is 0 Å². The molecule has 1 unspecified atom stereocenters. The molecule has 0 bridgehead atoms. The van der Waals surface area contributed by atoms with Crippen LogP contribution in [0.4, 0.5) is 0 Å². The number of halogens is 1. The zero-order valence-electron chi connectivity index (χ0n) is 9.68. The molecule has 17 heavy (non-hydrogen) atoms. The second-order valence-corrected chi connectivity index (χ2v) is 4.23. The fraction of sp³-hybridized carbons (Fsp3) is 0.333. The van der Waals surface area contributed by atoms with Gasteiger partial charge in [0.2, 0.25) is 0 Å². The third-order valence-electron chi connectivity index (χ3n) is 2.58. The van der Waals surface area contributed by atoms with E-state index in [1.165, 1.54) is 0 Å². The summed E-state index contributed by atoms with van der Waals surface area (Å²) in [5.74, 6) is 0. The monoisotopic (exact) mass is 250 g/mol. The highest BCUT2D eigenvalue weighted by atomic mass is 35.5. The fourth-order valence-electron chi connectivity index (χ4n) is 1.77. The van der Waals surface area contributed by atoms with E-state index in [2.05, 4.69) is 17.0 Å². The molecule has 4 nitrogen and oxygen atoms in total. The van der Waals surface area contributed by atoms with E-state index in [9.17, 15) is 0 Å². The van der Waals surface area contributed by atoms with Gasteiger partial charge in [-0.2, -0.15) is 5.10 Å². The molecule has 2 N–H and O–H groups in total. The van der Waals surface area contributed by atoms with Crippen LogP contribution in [0, 0.1) is 0 Å². The van der Waals surface area contributed by atoms with E-state index in [1.54, 1.807) is 24.5 Å². The van der Waals surface area contributed by atoms with Gasteiger partial charge in [0.1, 0.15) is 0 Å². The van der Waals surface area contributed by atoms with Crippen LogP contribution in [0.1, 0.15) is 30.8 Å². The molecule has 0 aliphatic carbocycles. The van der Waals surface area contributed by atoms with Crippen molar-refractivity contribution in [3.8, 4) is 0 Å². The number of nitrogens with two attached hydrogens (primary N) is 1. The summed E-state index contributed by atoms with van der Waals surface area (Å²) >= 11 is 6.09. The Balaban J connectivity index is 2.34. The van der Waals surface area contributed by atoms with Crippen LogP contribution in [0.2, 0.25) is 5.02 Å². The summed E-state index contributed by atoms with van der Waals surface area (Å²) in [4.78, 5) is 4.24. The molecule has 0 amide bonds. The summed E-state index contributed by atoms with van der Waals surface area (Å²) in [6.45, 7) is 2.95. The third-order valence-corrected chi connectivity index (χ3v) is 2.90. The maximum absolute atomic E-state index is 6.18. The van der Waals surface area contributed by atoms with Gasteiger partial charge in [-0.15, -0.1) is 0 Å². The first-order chi connectivity index (χ1) is 8.24. The summed E-state index contributed by atoms with van der Waals surface area (Å²) in [5.41, 5.74) is 7.81. The van der Waals surface area contributed by atoms with E-state index in [0.29, 0.717) is 10.7 Å². The van der Waals surface area contributed by atoms with E-state index in [-0.39, 0.29) is 6.04 Å². The van der Waals surface area contributed by atoms with Gasteiger partial charge < -0.3 is 5.73 Å². The van der Waals surface area contributed by atoms with Crippen LogP contribution < -0.4 is 5.73 Å². The molecule has 2 rings (SSSR count). The molecule has 90 valence electrons. The molecule has 0 aliphatic rings. The first-order valence-corrected chi connectivity index (χ1v) is 5.99. The Labute approximate surface area is 105 Å². The minimum atomic E-state index is -0.335. The van der Waals surface area contributed by atoms with Crippen molar-refractivity contribution in [2.75, 3.05) is 0 Å². The maximum atomic E-state index is 6.18. The first-order valence-electron chi connectivity index (χ1n) is 5.61. The Bertz CT molecular complexity index is 495. The number of hydrogen-bond donors (Lipinski definition) is 1. The average molecular weight is 251 g/mol. The molecule has 0 aliphatic heterocycles. The summed E-state index contributed by atoms with van der Waals surface area (Å²) in [7, 11) is 0. The molecule has 0 aromatic carbocycles. The van der Waals surface area contributed by atoms with Crippen LogP contribution in [0.25, 0.3) is 0 Å². The second-order valence-electron chi connectivity index (χ2n) is 3.83. The van der Waals surface area contributed by atoms with E-state index in [4.69, 9.17) is 17.3 Å². The smallest absolute Gasteiger partial charge is 0.0912 e. The third kappa shape index (κ3) is 2.48. The molecule has 0 spiro atoms. The molecule has 0 radical (unpaired) electrons. The predicted octanol–water partition coefficient (Wildman–Crippen LogP) is 2.39. The quantitative estimate of drug-likeness (QED) is 0.907. The summed E-state index contributed by atoms with van der Waals surface area (Å²) < 4.78 is 1.90. The highest BCUT2D eigenvalue weighted by Gasteiger charge is 2.17. The molecular weight excluding hydrogens is 236 g/mol. The lowest BCUT2D eigenvalue weighted by Gasteiger charge is -2.14. The SMILES string of the molecule is CCCn1nccc1C(N)c1ncccc1Cl. The standard InChI is InChI=1S/C12H15ClN4/c1-2-8-17-10(5-7-16-17)11(14)12-9(13)4-3-6-15-12/h3-7,11H,2,8,14H2,1H3. The van der Waals surface area contributed by atoms with Gasteiger partial charge in [0, 0.05) is 18.9 Å². The van der Waals surface area contributed by atoms with Crippen molar-refractivity contribution in [3.05, 3.63) is 47.0 Å². The first kappa shape index (κ1) is 12.1.